The Morgan fingerprint density at radius 2 is 1.93 bits per heavy atom. The highest BCUT2D eigenvalue weighted by atomic mass is 16.5. The molecule has 0 atom stereocenters. The lowest BCUT2D eigenvalue weighted by Gasteiger charge is -2.28. The summed E-state index contributed by atoms with van der Waals surface area (Å²) < 4.78 is 11.3. The number of nitrogens with zero attached hydrogens (tertiary/aromatic N) is 2. The predicted octanol–water partition coefficient (Wildman–Crippen LogP) is 3.13. The Labute approximate surface area is 160 Å². The molecule has 1 aliphatic rings. The molecule has 3 rings (SSSR count). The van der Waals surface area contributed by atoms with E-state index in [4.69, 9.17) is 9.47 Å². The smallest absolute Gasteiger partial charge is 0.228 e. The van der Waals surface area contributed by atoms with E-state index in [1.165, 1.54) is 0 Å². The van der Waals surface area contributed by atoms with Crippen molar-refractivity contribution >= 4 is 11.6 Å². The normalized spacial score (nSPS) is 15.3. The van der Waals surface area contributed by atoms with E-state index in [2.05, 4.69) is 22.2 Å². The van der Waals surface area contributed by atoms with Gasteiger partial charge in [0.15, 0.2) is 0 Å². The maximum Gasteiger partial charge on any atom is 0.228 e. The number of benzene rings is 1. The first-order valence-electron chi connectivity index (χ1n) is 9.45. The third-order valence-corrected chi connectivity index (χ3v) is 4.57. The average Bonchev–Trinajstić information content (AvgIpc) is 2.67. The van der Waals surface area contributed by atoms with Crippen LogP contribution in [-0.4, -0.2) is 48.6 Å². The molecule has 0 saturated carbocycles. The Morgan fingerprint density at radius 3 is 2.56 bits per heavy atom. The van der Waals surface area contributed by atoms with Gasteiger partial charge < -0.3 is 19.7 Å². The molecule has 0 bridgehead atoms. The Kier molecular flexibility index (Phi) is 6.65. The quantitative estimate of drug-likeness (QED) is 0.812. The van der Waals surface area contributed by atoms with Crippen LogP contribution in [0.15, 0.2) is 42.6 Å². The highest BCUT2D eigenvalue weighted by Crippen LogP contribution is 2.18. The molecule has 6 heteroatoms. The highest BCUT2D eigenvalue weighted by Gasteiger charge is 2.18. The molecule has 1 N–H and O–H groups in total. The SMILES string of the molecule is CCOc1ccc(CC(=O)Nc2ccc(OC3CCN(C)CC3)nc2)cc1. The number of nitrogens with one attached hydrogen (secondary N) is 1. The van der Waals surface area contributed by atoms with Gasteiger partial charge in [-0.25, -0.2) is 4.98 Å². The maximum absolute atomic E-state index is 12.2. The van der Waals surface area contributed by atoms with Crippen LogP contribution in [0.1, 0.15) is 25.3 Å². The molecule has 1 saturated heterocycles. The highest BCUT2D eigenvalue weighted by molar-refractivity contribution is 5.92. The van der Waals surface area contributed by atoms with Crippen molar-refractivity contribution in [2.45, 2.75) is 32.3 Å². The Hall–Kier alpha value is -2.60. The molecular weight excluding hydrogens is 342 g/mol. The van der Waals surface area contributed by atoms with Crippen molar-refractivity contribution < 1.29 is 14.3 Å². The third kappa shape index (κ3) is 5.96. The Balaban J connectivity index is 1.48. The molecule has 1 aliphatic heterocycles. The number of rotatable bonds is 7. The minimum absolute atomic E-state index is 0.0788. The second-order valence-electron chi connectivity index (χ2n) is 6.81. The first-order valence-corrected chi connectivity index (χ1v) is 9.45. The summed E-state index contributed by atoms with van der Waals surface area (Å²) in [6, 6.07) is 11.2. The van der Waals surface area contributed by atoms with Crippen molar-refractivity contribution in [1.82, 2.24) is 9.88 Å². The summed E-state index contributed by atoms with van der Waals surface area (Å²) in [5.41, 5.74) is 1.60. The first kappa shape index (κ1) is 19.2. The molecule has 6 nitrogen and oxygen atoms in total. The molecule has 0 spiro atoms. The van der Waals surface area contributed by atoms with Crippen LogP contribution in [0.4, 0.5) is 5.69 Å². The molecule has 2 heterocycles. The molecule has 1 aromatic carbocycles. The minimum Gasteiger partial charge on any atom is -0.494 e. The summed E-state index contributed by atoms with van der Waals surface area (Å²) in [6.45, 7) is 4.67. The van der Waals surface area contributed by atoms with Crippen molar-refractivity contribution in [1.29, 1.82) is 0 Å². The van der Waals surface area contributed by atoms with E-state index in [9.17, 15) is 4.79 Å². The van der Waals surface area contributed by atoms with Crippen molar-refractivity contribution in [2.24, 2.45) is 0 Å². The van der Waals surface area contributed by atoms with E-state index in [1.54, 1.807) is 6.20 Å². The van der Waals surface area contributed by atoms with E-state index < -0.39 is 0 Å². The average molecular weight is 369 g/mol. The van der Waals surface area contributed by atoms with E-state index in [0.717, 1.165) is 37.2 Å². The second kappa shape index (κ2) is 9.37. The van der Waals surface area contributed by atoms with Crippen LogP contribution in [-0.2, 0) is 11.2 Å². The number of likely N-dealkylation sites (tertiary alicyclic amines) is 1. The van der Waals surface area contributed by atoms with Crippen LogP contribution in [0.3, 0.4) is 0 Å². The number of anilines is 1. The van der Waals surface area contributed by atoms with Gasteiger partial charge in [0.05, 0.1) is 24.9 Å². The van der Waals surface area contributed by atoms with Gasteiger partial charge in [0.2, 0.25) is 11.8 Å². The fourth-order valence-corrected chi connectivity index (χ4v) is 3.06. The number of ether oxygens (including phenoxy) is 2. The van der Waals surface area contributed by atoms with E-state index in [-0.39, 0.29) is 12.0 Å². The summed E-state index contributed by atoms with van der Waals surface area (Å²) in [4.78, 5) is 18.8. The summed E-state index contributed by atoms with van der Waals surface area (Å²) in [5.74, 6) is 1.34. The van der Waals surface area contributed by atoms with Gasteiger partial charge in [-0.2, -0.15) is 0 Å². The van der Waals surface area contributed by atoms with Crippen molar-refractivity contribution in [3.8, 4) is 11.6 Å². The molecule has 0 radical (unpaired) electrons. The zero-order chi connectivity index (χ0) is 19.1. The van der Waals surface area contributed by atoms with Gasteiger partial charge in [0.25, 0.3) is 0 Å². The molecule has 144 valence electrons. The van der Waals surface area contributed by atoms with Crippen molar-refractivity contribution in [3.63, 3.8) is 0 Å². The van der Waals surface area contributed by atoms with Crippen LogP contribution in [0.2, 0.25) is 0 Å². The molecule has 1 aromatic heterocycles. The third-order valence-electron chi connectivity index (χ3n) is 4.57. The van der Waals surface area contributed by atoms with Crippen LogP contribution in [0.25, 0.3) is 0 Å². The van der Waals surface area contributed by atoms with Crippen molar-refractivity contribution in [3.05, 3.63) is 48.2 Å². The van der Waals surface area contributed by atoms with E-state index in [0.29, 0.717) is 24.6 Å². The summed E-state index contributed by atoms with van der Waals surface area (Å²) in [7, 11) is 2.12. The van der Waals surface area contributed by atoms with Crippen LogP contribution < -0.4 is 14.8 Å². The minimum atomic E-state index is -0.0788. The Bertz CT molecular complexity index is 723. The number of carbonyl (C=O) groups is 1. The monoisotopic (exact) mass is 369 g/mol. The number of piperidine rings is 1. The Morgan fingerprint density at radius 1 is 1.19 bits per heavy atom. The molecule has 0 unspecified atom stereocenters. The molecule has 1 amide bonds. The molecule has 1 fully saturated rings. The molecule has 0 aliphatic carbocycles. The van der Waals surface area contributed by atoms with Gasteiger partial charge in [0, 0.05) is 19.2 Å². The summed E-state index contributed by atoms with van der Waals surface area (Å²) in [5, 5.41) is 2.87. The zero-order valence-electron chi connectivity index (χ0n) is 16.0. The fraction of sp³-hybridized carbons (Fsp3) is 0.429. The van der Waals surface area contributed by atoms with Gasteiger partial charge >= 0.3 is 0 Å². The van der Waals surface area contributed by atoms with Gasteiger partial charge in [-0.3, -0.25) is 4.79 Å². The summed E-state index contributed by atoms with van der Waals surface area (Å²) >= 11 is 0. The van der Waals surface area contributed by atoms with Gasteiger partial charge in [-0.05, 0) is 50.6 Å². The van der Waals surface area contributed by atoms with Crippen LogP contribution in [0, 0.1) is 0 Å². The van der Waals surface area contributed by atoms with Crippen molar-refractivity contribution in [2.75, 3.05) is 32.1 Å². The number of pyridine rings is 1. The number of aromatic nitrogens is 1. The largest absolute Gasteiger partial charge is 0.494 e. The number of carbonyl (C=O) groups excluding carboxylic acids is 1. The molecular formula is C21H27N3O3. The topological polar surface area (TPSA) is 63.7 Å². The number of amides is 1. The van der Waals surface area contributed by atoms with Gasteiger partial charge in [0.1, 0.15) is 11.9 Å². The lowest BCUT2D eigenvalue weighted by atomic mass is 10.1. The maximum atomic E-state index is 12.2. The first-order chi connectivity index (χ1) is 13.1. The fourth-order valence-electron chi connectivity index (χ4n) is 3.06. The van der Waals surface area contributed by atoms with E-state index >= 15 is 0 Å². The van der Waals surface area contributed by atoms with Gasteiger partial charge in [-0.1, -0.05) is 12.1 Å². The number of hydrogen-bond donors (Lipinski definition) is 1. The van der Waals surface area contributed by atoms with Crippen LogP contribution in [0.5, 0.6) is 11.6 Å². The zero-order valence-corrected chi connectivity index (χ0v) is 16.0. The van der Waals surface area contributed by atoms with Crippen LogP contribution >= 0.6 is 0 Å². The standard InChI is InChI=1S/C21H27N3O3/c1-3-26-18-7-4-16(5-8-18)14-20(25)23-17-6-9-21(22-15-17)27-19-10-12-24(2)13-11-19/h4-9,15,19H,3,10-14H2,1-2H3,(H,23,25). The lowest BCUT2D eigenvalue weighted by Crippen LogP contribution is -2.35. The lowest BCUT2D eigenvalue weighted by molar-refractivity contribution is -0.115. The number of hydrogen-bond acceptors (Lipinski definition) is 5. The van der Waals surface area contributed by atoms with E-state index in [1.807, 2.05) is 43.3 Å². The molecule has 2 aromatic rings. The summed E-state index contributed by atoms with van der Waals surface area (Å²) in [6.07, 6.45) is 4.19. The predicted molar refractivity (Wildman–Crippen MR) is 105 cm³/mol. The van der Waals surface area contributed by atoms with Gasteiger partial charge in [-0.15, -0.1) is 0 Å². The second-order valence-corrected chi connectivity index (χ2v) is 6.81. The molecule has 27 heavy (non-hydrogen) atoms.